The number of nitrogens with one attached hydrogen (secondary N) is 2. The first kappa shape index (κ1) is 26.8. The molecule has 0 heterocycles. The van der Waals surface area contributed by atoms with Gasteiger partial charge < -0.3 is 20.7 Å². The minimum atomic E-state index is -0.614. The van der Waals surface area contributed by atoms with Crippen molar-refractivity contribution in [3.63, 3.8) is 0 Å². The number of carbonyl (C=O) groups is 3. The van der Waals surface area contributed by atoms with Gasteiger partial charge in [-0.25, -0.2) is 4.79 Å². The maximum absolute atomic E-state index is 13.3. The average molecular weight is 521 g/mol. The lowest BCUT2D eigenvalue weighted by molar-refractivity contribution is 0.0473. The third-order valence-electron chi connectivity index (χ3n) is 6.02. The van der Waals surface area contributed by atoms with E-state index in [1.165, 1.54) is 11.0 Å². The van der Waals surface area contributed by atoms with Crippen LogP contribution in [0.1, 0.15) is 42.2 Å². The predicted octanol–water partition coefficient (Wildman–Crippen LogP) is 4.95. The summed E-state index contributed by atoms with van der Waals surface area (Å²) in [6, 6.07) is 27.6. The first-order valence-corrected chi connectivity index (χ1v) is 12.2. The number of amides is 2. The van der Waals surface area contributed by atoms with Crippen molar-refractivity contribution in [3.05, 3.63) is 125 Å². The van der Waals surface area contributed by atoms with Gasteiger partial charge in [-0.2, -0.15) is 0 Å². The summed E-state index contributed by atoms with van der Waals surface area (Å²) in [5.41, 5.74) is 9.19. The predicted molar refractivity (Wildman–Crippen MR) is 151 cm³/mol. The number of anilines is 1. The second-order valence-electron chi connectivity index (χ2n) is 9.01. The summed E-state index contributed by atoms with van der Waals surface area (Å²) in [5, 5.41) is 10.4. The molecule has 4 rings (SSSR count). The highest BCUT2D eigenvalue weighted by atomic mass is 16.5. The molecule has 0 spiro atoms. The van der Waals surface area contributed by atoms with Crippen molar-refractivity contribution in [1.29, 1.82) is 5.41 Å². The molecular weight excluding hydrogens is 492 g/mol. The second kappa shape index (κ2) is 11.9. The van der Waals surface area contributed by atoms with Crippen LogP contribution in [0.5, 0.6) is 0 Å². The van der Waals surface area contributed by atoms with E-state index >= 15 is 0 Å². The Morgan fingerprint density at radius 2 is 1.41 bits per heavy atom. The summed E-state index contributed by atoms with van der Waals surface area (Å²) in [7, 11) is 3.26. The fourth-order valence-electron chi connectivity index (χ4n) is 3.99. The molecule has 0 saturated heterocycles. The smallest absolute Gasteiger partial charge is 0.339 e. The van der Waals surface area contributed by atoms with Gasteiger partial charge in [-0.1, -0.05) is 54.6 Å². The molecule has 0 aliphatic heterocycles. The van der Waals surface area contributed by atoms with Crippen LogP contribution in [0.2, 0.25) is 0 Å². The number of nitrogens with zero attached hydrogens (tertiary/aromatic N) is 1. The van der Waals surface area contributed by atoms with E-state index in [-0.39, 0.29) is 23.9 Å². The van der Waals surface area contributed by atoms with Crippen LogP contribution in [0.4, 0.5) is 5.69 Å². The Morgan fingerprint density at radius 1 is 0.795 bits per heavy atom. The normalized spacial score (nSPS) is 10.4. The zero-order valence-corrected chi connectivity index (χ0v) is 21.6. The van der Waals surface area contributed by atoms with Gasteiger partial charge >= 0.3 is 5.97 Å². The van der Waals surface area contributed by atoms with E-state index in [0.29, 0.717) is 33.5 Å². The number of benzene rings is 4. The van der Waals surface area contributed by atoms with E-state index in [2.05, 4.69) is 5.32 Å². The number of rotatable bonds is 8. The van der Waals surface area contributed by atoms with Gasteiger partial charge in [0.25, 0.3) is 11.8 Å². The van der Waals surface area contributed by atoms with Crippen LogP contribution in [-0.4, -0.2) is 42.6 Å². The Labute approximate surface area is 226 Å². The van der Waals surface area contributed by atoms with Gasteiger partial charge in [0, 0.05) is 36.5 Å². The molecule has 0 atom stereocenters. The number of hydrogen-bond donors (Lipinski definition) is 3. The van der Waals surface area contributed by atoms with Crippen LogP contribution in [0.15, 0.2) is 97.1 Å². The molecule has 0 aliphatic rings. The van der Waals surface area contributed by atoms with Crippen molar-refractivity contribution in [2.75, 3.05) is 19.4 Å². The van der Waals surface area contributed by atoms with Gasteiger partial charge in [-0.15, -0.1) is 0 Å². The van der Waals surface area contributed by atoms with Gasteiger partial charge in [-0.05, 0) is 59.2 Å². The zero-order chi connectivity index (χ0) is 27.9. The molecule has 0 bridgehead atoms. The molecule has 0 aromatic heterocycles. The number of hydrogen-bond acceptors (Lipinski definition) is 5. The maximum atomic E-state index is 13.3. The van der Waals surface area contributed by atoms with Crippen molar-refractivity contribution in [2.45, 2.75) is 6.61 Å². The van der Waals surface area contributed by atoms with Crippen molar-refractivity contribution in [1.82, 2.24) is 4.90 Å². The summed E-state index contributed by atoms with van der Waals surface area (Å²) < 4.78 is 5.61. The first-order valence-electron chi connectivity index (χ1n) is 12.2. The number of nitrogen functional groups attached to an aromatic ring is 1. The number of amidine groups is 1. The Balaban J connectivity index is 1.70. The summed E-state index contributed by atoms with van der Waals surface area (Å²) in [6.45, 7) is 0.0589. The first-order chi connectivity index (χ1) is 18.7. The Hall–Kier alpha value is -5.24. The third kappa shape index (κ3) is 6.37. The molecule has 4 aromatic carbocycles. The highest BCUT2D eigenvalue weighted by Crippen LogP contribution is 2.30. The van der Waals surface area contributed by atoms with Crippen molar-refractivity contribution in [3.8, 4) is 11.1 Å². The minimum Gasteiger partial charge on any atom is -0.457 e. The lowest BCUT2D eigenvalue weighted by Gasteiger charge is -2.16. The SMILES string of the molecule is CN(C)C(=O)c1ccc(-c2ccccc2C(=O)Nc2ccc(C(=N)N)cc2)c(C(=O)OCc2ccccc2)c1. The van der Waals surface area contributed by atoms with Crippen LogP contribution in [0, 0.1) is 5.41 Å². The van der Waals surface area contributed by atoms with Crippen LogP contribution < -0.4 is 11.1 Å². The molecule has 0 fully saturated rings. The van der Waals surface area contributed by atoms with E-state index in [0.717, 1.165) is 5.56 Å². The molecule has 0 saturated carbocycles. The van der Waals surface area contributed by atoms with Crippen molar-refractivity contribution < 1.29 is 19.1 Å². The van der Waals surface area contributed by atoms with Crippen molar-refractivity contribution in [2.24, 2.45) is 5.73 Å². The summed E-state index contributed by atoms with van der Waals surface area (Å²) in [5.74, 6) is -1.34. The zero-order valence-electron chi connectivity index (χ0n) is 21.6. The fraction of sp³-hybridized carbons (Fsp3) is 0.0968. The number of ether oxygens (including phenoxy) is 1. The molecule has 8 heteroatoms. The van der Waals surface area contributed by atoms with Crippen molar-refractivity contribution >= 4 is 29.3 Å². The second-order valence-corrected chi connectivity index (χ2v) is 9.01. The quantitative estimate of drug-likeness (QED) is 0.172. The summed E-state index contributed by atoms with van der Waals surface area (Å²) in [4.78, 5) is 40.8. The molecule has 0 radical (unpaired) electrons. The van der Waals surface area contributed by atoms with Crippen LogP contribution in [-0.2, 0) is 11.3 Å². The van der Waals surface area contributed by atoms with E-state index in [9.17, 15) is 14.4 Å². The van der Waals surface area contributed by atoms with Gasteiger partial charge in [-0.3, -0.25) is 15.0 Å². The molecule has 0 aliphatic carbocycles. The van der Waals surface area contributed by atoms with E-state index < -0.39 is 11.9 Å². The molecule has 4 N–H and O–H groups in total. The lowest BCUT2D eigenvalue weighted by Crippen LogP contribution is -2.22. The van der Waals surface area contributed by atoms with Crippen LogP contribution in [0.25, 0.3) is 11.1 Å². The van der Waals surface area contributed by atoms with E-state index in [4.69, 9.17) is 15.9 Å². The Kier molecular flexibility index (Phi) is 8.16. The maximum Gasteiger partial charge on any atom is 0.339 e. The van der Waals surface area contributed by atoms with Crippen LogP contribution in [0.3, 0.4) is 0 Å². The lowest BCUT2D eigenvalue weighted by atomic mass is 9.93. The van der Waals surface area contributed by atoms with Gasteiger partial charge in [0.05, 0.1) is 5.56 Å². The topological polar surface area (TPSA) is 126 Å². The van der Waals surface area contributed by atoms with E-state index in [1.54, 1.807) is 74.8 Å². The van der Waals surface area contributed by atoms with Crippen LogP contribution >= 0.6 is 0 Å². The third-order valence-corrected chi connectivity index (χ3v) is 6.02. The number of nitrogens with two attached hydrogens (primary N) is 1. The molecule has 196 valence electrons. The van der Waals surface area contributed by atoms with Gasteiger partial charge in [0.1, 0.15) is 12.4 Å². The Morgan fingerprint density at radius 3 is 2.08 bits per heavy atom. The average Bonchev–Trinajstić information content (AvgIpc) is 2.96. The number of carbonyl (C=O) groups excluding carboxylic acids is 3. The highest BCUT2D eigenvalue weighted by Gasteiger charge is 2.22. The molecular formula is C31H28N4O4. The number of esters is 1. The summed E-state index contributed by atoms with van der Waals surface area (Å²) in [6.07, 6.45) is 0. The molecule has 4 aromatic rings. The largest absolute Gasteiger partial charge is 0.457 e. The minimum absolute atomic E-state index is 0.0589. The molecule has 8 nitrogen and oxygen atoms in total. The fourth-order valence-corrected chi connectivity index (χ4v) is 3.99. The monoisotopic (exact) mass is 520 g/mol. The molecule has 39 heavy (non-hydrogen) atoms. The van der Waals surface area contributed by atoms with E-state index in [1.807, 2.05) is 30.3 Å². The highest BCUT2D eigenvalue weighted by molar-refractivity contribution is 6.11. The van der Waals surface area contributed by atoms with Gasteiger partial charge in [0.2, 0.25) is 0 Å². The standard InChI is InChI=1S/C31H28N4O4/c1-35(2)30(37)22-14-17-25(27(18-22)31(38)39-19-20-8-4-3-5-9-20)24-10-6-7-11-26(24)29(36)34-23-15-12-21(13-16-23)28(32)33/h3-18H,19H2,1-2H3,(H3,32,33)(H,34,36). The summed E-state index contributed by atoms with van der Waals surface area (Å²) >= 11 is 0. The molecule has 2 amide bonds. The molecule has 0 unspecified atom stereocenters. The Bertz CT molecular complexity index is 1530. The van der Waals surface area contributed by atoms with Gasteiger partial charge in [0.15, 0.2) is 0 Å².